The second-order valence-electron chi connectivity index (χ2n) is 5.44. The Morgan fingerprint density at radius 3 is 2.64 bits per heavy atom. The van der Waals surface area contributed by atoms with E-state index in [1.165, 1.54) is 5.56 Å². The van der Waals surface area contributed by atoms with E-state index < -0.39 is 0 Å². The molecule has 2 aromatic rings. The van der Waals surface area contributed by atoms with Crippen molar-refractivity contribution in [3.8, 4) is 5.75 Å². The van der Waals surface area contributed by atoms with Crippen LogP contribution in [0.5, 0.6) is 5.75 Å². The molecule has 0 spiro atoms. The van der Waals surface area contributed by atoms with Crippen molar-refractivity contribution in [2.75, 3.05) is 13.2 Å². The predicted octanol–water partition coefficient (Wildman–Crippen LogP) is 4.08. The van der Waals surface area contributed by atoms with Crippen LogP contribution in [0.15, 0.2) is 53.0 Å². The Labute approximate surface area is 162 Å². The Morgan fingerprint density at radius 2 is 1.96 bits per heavy atom. The standard InChI is InChI=1S/C19H21BrN2O2S/c1-2-12-24-17-9-8-15(13-16(17)20)18(23)22-19(25)21-11-10-14-6-4-3-5-7-14/h3-9,13H,2,10-12H2,1H3,(H2,21,22,23,25). The highest BCUT2D eigenvalue weighted by Crippen LogP contribution is 2.26. The fourth-order valence-electron chi connectivity index (χ4n) is 2.16. The number of carbonyl (C=O) groups excluding carboxylic acids is 1. The van der Waals surface area contributed by atoms with Gasteiger partial charge in [0, 0.05) is 12.1 Å². The number of thiocarbonyl (C=S) groups is 1. The van der Waals surface area contributed by atoms with Gasteiger partial charge in [0.15, 0.2) is 5.11 Å². The Morgan fingerprint density at radius 1 is 1.20 bits per heavy atom. The van der Waals surface area contributed by atoms with E-state index in [0.29, 0.717) is 23.8 Å². The number of hydrogen-bond acceptors (Lipinski definition) is 3. The van der Waals surface area contributed by atoms with Crippen LogP contribution in [0.4, 0.5) is 0 Å². The summed E-state index contributed by atoms with van der Waals surface area (Å²) in [5, 5.41) is 6.06. The maximum Gasteiger partial charge on any atom is 0.257 e. The minimum absolute atomic E-state index is 0.250. The average molecular weight is 421 g/mol. The fraction of sp³-hybridized carbons (Fsp3) is 0.263. The van der Waals surface area contributed by atoms with Crippen molar-refractivity contribution in [2.45, 2.75) is 19.8 Å². The van der Waals surface area contributed by atoms with E-state index in [-0.39, 0.29) is 5.91 Å². The van der Waals surface area contributed by atoms with Crippen LogP contribution in [-0.2, 0) is 6.42 Å². The second kappa shape index (κ2) is 10.2. The average Bonchev–Trinajstić information content (AvgIpc) is 2.61. The summed E-state index contributed by atoms with van der Waals surface area (Å²) in [4.78, 5) is 12.3. The van der Waals surface area contributed by atoms with Crippen molar-refractivity contribution >= 4 is 39.2 Å². The molecule has 0 aliphatic rings. The topological polar surface area (TPSA) is 50.4 Å². The molecule has 6 heteroatoms. The number of halogens is 1. The predicted molar refractivity (Wildman–Crippen MR) is 108 cm³/mol. The zero-order chi connectivity index (χ0) is 18.1. The van der Waals surface area contributed by atoms with E-state index in [9.17, 15) is 4.79 Å². The third-order valence-electron chi connectivity index (χ3n) is 3.42. The number of ether oxygens (including phenoxy) is 1. The molecule has 0 saturated heterocycles. The van der Waals surface area contributed by atoms with Crippen molar-refractivity contribution in [1.82, 2.24) is 10.6 Å². The summed E-state index contributed by atoms with van der Waals surface area (Å²) in [7, 11) is 0. The van der Waals surface area contributed by atoms with Gasteiger partial charge in [-0.3, -0.25) is 10.1 Å². The molecule has 0 unspecified atom stereocenters. The molecule has 2 N–H and O–H groups in total. The lowest BCUT2D eigenvalue weighted by Crippen LogP contribution is -2.40. The zero-order valence-corrected chi connectivity index (χ0v) is 16.5. The molecule has 2 rings (SSSR count). The van der Waals surface area contributed by atoms with E-state index in [2.05, 4.69) is 38.7 Å². The molecule has 0 aliphatic heterocycles. The number of hydrogen-bond donors (Lipinski definition) is 2. The highest BCUT2D eigenvalue weighted by atomic mass is 79.9. The minimum atomic E-state index is -0.250. The van der Waals surface area contributed by atoms with Gasteiger partial charge in [0.2, 0.25) is 0 Å². The second-order valence-corrected chi connectivity index (χ2v) is 6.70. The first-order valence-corrected chi connectivity index (χ1v) is 9.35. The van der Waals surface area contributed by atoms with E-state index in [4.69, 9.17) is 17.0 Å². The van der Waals surface area contributed by atoms with Gasteiger partial charge in [-0.1, -0.05) is 37.3 Å². The summed E-state index contributed by atoms with van der Waals surface area (Å²) >= 11 is 8.61. The molecule has 0 saturated carbocycles. The lowest BCUT2D eigenvalue weighted by atomic mass is 10.1. The van der Waals surface area contributed by atoms with E-state index in [1.807, 2.05) is 25.1 Å². The normalized spacial score (nSPS) is 10.2. The number of amides is 1. The zero-order valence-electron chi connectivity index (χ0n) is 14.0. The van der Waals surface area contributed by atoms with E-state index >= 15 is 0 Å². The van der Waals surface area contributed by atoms with Crippen molar-refractivity contribution in [2.24, 2.45) is 0 Å². The maximum atomic E-state index is 12.3. The molecule has 0 atom stereocenters. The SMILES string of the molecule is CCCOc1ccc(C(=O)NC(=S)NCCc2ccccc2)cc1Br. The summed E-state index contributed by atoms with van der Waals surface area (Å²) < 4.78 is 6.33. The van der Waals surface area contributed by atoms with Crippen LogP contribution >= 0.6 is 28.1 Å². The largest absolute Gasteiger partial charge is 0.492 e. The van der Waals surface area contributed by atoms with Gasteiger partial charge < -0.3 is 10.1 Å². The van der Waals surface area contributed by atoms with Crippen LogP contribution in [0.2, 0.25) is 0 Å². The van der Waals surface area contributed by atoms with Gasteiger partial charge in [-0.2, -0.15) is 0 Å². The molecule has 4 nitrogen and oxygen atoms in total. The summed E-state index contributed by atoms with van der Waals surface area (Å²) in [5.74, 6) is 0.474. The Hall–Kier alpha value is -1.92. The van der Waals surface area contributed by atoms with E-state index in [0.717, 1.165) is 23.1 Å². The highest BCUT2D eigenvalue weighted by Gasteiger charge is 2.10. The first-order valence-electron chi connectivity index (χ1n) is 8.15. The number of benzene rings is 2. The molecule has 0 aliphatic carbocycles. The molecular formula is C19H21BrN2O2S. The molecule has 25 heavy (non-hydrogen) atoms. The third kappa shape index (κ3) is 6.48. The van der Waals surface area contributed by atoms with Crippen molar-refractivity contribution in [3.05, 3.63) is 64.1 Å². The van der Waals surface area contributed by atoms with Gasteiger partial charge >= 0.3 is 0 Å². The van der Waals surface area contributed by atoms with Gasteiger partial charge in [0.05, 0.1) is 11.1 Å². The van der Waals surface area contributed by atoms with Gasteiger partial charge in [-0.25, -0.2) is 0 Å². The van der Waals surface area contributed by atoms with Crippen LogP contribution in [0.25, 0.3) is 0 Å². The Bertz CT molecular complexity index is 723. The summed E-state index contributed by atoms with van der Waals surface area (Å²) in [6.45, 7) is 3.34. The van der Waals surface area contributed by atoms with Crippen molar-refractivity contribution in [3.63, 3.8) is 0 Å². The van der Waals surface area contributed by atoms with Crippen LogP contribution in [-0.4, -0.2) is 24.2 Å². The summed E-state index contributed by atoms with van der Waals surface area (Å²) in [6, 6.07) is 15.3. The summed E-state index contributed by atoms with van der Waals surface area (Å²) in [6.07, 6.45) is 1.77. The van der Waals surface area contributed by atoms with Crippen LogP contribution in [0.3, 0.4) is 0 Å². The lowest BCUT2D eigenvalue weighted by molar-refractivity contribution is 0.0976. The molecule has 0 aromatic heterocycles. The molecular weight excluding hydrogens is 400 g/mol. The first-order chi connectivity index (χ1) is 12.1. The van der Waals surface area contributed by atoms with Crippen LogP contribution < -0.4 is 15.4 Å². The maximum absolute atomic E-state index is 12.3. The van der Waals surface area contributed by atoms with Gasteiger partial charge in [0.25, 0.3) is 5.91 Å². The molecule has 132 valence electrons. The quantitative estimate of drug-likeness (QED) is 0.662. The Balaban J connectivity index is 1.82. The van der Waals surface area contributed by atoms with Crippen LogP contribution in [0.1, 0.15) is 29.3 Å². The fourth-order valence-corrected chi connectivity index (χ4v) is 2.84. The number of rotatable bonds is 7. The minimum Gasteiger partial charge on any atom is -0.492 e. The molecule has 0 bridgehead atoms. The van der Waals surface area contributed by atoms with Crippen molar-refractivity contribution in [1.29, 1.82) is 0 Å². The third-order valence-corrected chi connectivity index (χ3v) is 4.29. The first kappa shape index (κ1) is 19.4. The van der Waals surface area contributed by atoms with Gasteiger partial charge in [0.1, 0.15) is 5.75 Å². The molecule has 0 heterocycles. The molecule has 0 radical (unpaired) electrons. The van der Waals surface area contributed by atoms with Gasteiger partial charge in [-0.05, 0) is 64.8 Å². The van der Waals surface area contributed by atoms with Crippen LogP contribution in [0, 0.1) is 0 Å². The number of nitrogens with one attached hydrogen (secondary N) is 2. The van der Waals surface area contributed by atoms with Crippen molar-refractivity contribution < 1.29 is 9.53 Å². The monoisotopic (exact) mass is 420 g/mol. The molecule has 0 fully saturated rings. The van der Waals surface area contributed by atoms with Gasteiger partial charge in [-0.15, -0.1) is 0 Å². The Kier molecular flexibility index (Phi) is 7.88. The van der Waals surface area contributed by atoms with E-state index in [1.54, 1.807) is 18.2 Å². The molecule has 2 aromatic carbocycles. The smallest absolute Gasteiger partial charge is 0.257 e. The lowest BCUT2D eigenvalue weighted by Gasteiger charge is -2.11. The summed E-state index contributed by atoms with van der Waals surface area (Å²) in [5.41, 5.74) is 1.73. The highest BCUT2D eigenvalue weighted by molar-refractivity contribution is 9.10. The number of carbonyl (C=O) groups is 1. The molecule has 1 amide bonds.